The van der Waals surface area contributed by atoms with Crippen molar-refractivity contribution in [1.82, 2.24) is 18.3 Å². The maximum absolute atomic E-state index is 12.4. The van der Waals surface area contributed by atoms with Crippen molar-refractivity contribution in [2.24, 2.45) is 0 Å². The highest BCUT2D eigenvalue weighted by molar-refractivity contribution is 6.16. The predicted molar refractivity (Wildman–Crippen MR) is 293 cm³/mol. The number of para-hydroxylation sites is 2. The highest BCUT2D eigenvalue weighted by Gasteiger charge is 2.35. The van der Waals surface area contributed by atoms with Crippen LogP contribution in [0.4, 0.5) is 0 Å². The highest BCUT2D eigenvalue weighted by atomic mass is 16.5. The Balaban J connectivity index is 1.38. The van der Waals surface area contributed by atoms with Gasteiger partial charge in [0.15, 0.2) is 0 Å². The summed E-state index contributed by atoms with van der Waals surface area (Å²) in [6.07, 6.45) is 0. The fourth-order valence-corrected chi connectivity index (χ4v) is 11.4. The lowest BCUT2D eigenvalue weighted by atomic mass is 9.98. The van der Waals surface area contributed by atoms with E-state index in [1.165, 1.54) is 0 Å². The van der Waals surface area contributed by atoms with Crippen LogP contribution in [0, 0.1) is 22.7 Å². The van der Waals surface area contributed by atoms with Crippen molar-refractivity contribution >= 4 is 87.2 Å². The first-order chi connectivity index (χ1) is 36.4. The Morgan fingerprint density at radius 2 is 0.500 bits per heavy atom. The van der Waals surface area contributed by atoms with Crippen LogP contribution in [0.5, 0.6) is 34.5 Å². The topological polar surface area (TPSA) is 123 Å². The monoisotopic (exact) mass is 968 g/mol. The van der Waals surface area contributed by atoms with Crippen LogP contribution < -0.4 is 28.4 Å². The smallest absolute Gasteiger partial charge is 0.119 e. The van der Waals surface area contributed by atoms with Gasteiger partial charge in [-0.15, -0.1) is 0 Å². The fourth-order valence-electron chi connectivity index (χ4n) is 11.4. The second-order valence-corrected chi connectivity index (χ2v) is 18.0. The number of fused-ring (bicyclic) bond motifs is 12. The summed E-state index contributed by atoms with van der Waals surface area (Å²) in [6.45, 7) is 0. The Kier molecular flexibility index (Phi) is 9.97. The van der Waals surface area contributed by atoms with E-state index in [2.05, 4.69) is 54.7 Å². The molecule has 0 N–H and O–H groups in total. The van der Waals surface area contributed by atoms with E-state index in [9.17, 15) is 10.5 Å². The van der Waals surface area contributed by atoms with Crippen molar-refractivity contribution in [3.63, 3.8) is 0 Å². The second-order valence-electron chi connectivity index (χ2n) is 18.0. The molecule has 4 aromatic heterocycles. The van der Waals surface area contributed by atoms with Crippen LogP contribution in [-0.4, -0.2) is 60.9 Å². The fraction of sp³-hybridized carbons (Fsp3) is 0.0968. The summed E-state index contributed by atoms with van der Waals surface area (Å²) in [5.41, 5.74) is 8.95. The van der Waals surface area contributed by atoms with Crippen LogP contribution >= 0.6 is 0 Å². The number of nitrogens with zero attached hydrogens (tertiary/aromatic N) is 6. The van der Waals surface area contributed by atoms with E-state index in [1.54, 1.807) is 42.7 Å². The molecule has 13 rings (SSSR count). The molecular formula is C62H44N6O6. The third-order valence-corrected chi connectivity index (χ3v) is 14.6. The zero-order valence-electron chi connectivity index (χ0n) is 41.1. The number of hydrogen-bond acceptors (Lipinski definition) is 8. The van der Waals surface area contributed by atoms with Crippen LogP contribution in [-0.2, 0) is 0 Å². The van der Waals surface area contributed by atoms with Gasteiger partial charge >= 0.3 is 0 Å². The molecule has 0 aliphatic rings. The summed E-state index contributed by atoms with van der Waals surface area (Å²) in [5.74, 6) is 3.96. The third-order valence-electron chi connectivity index (χ3n) is 14.6. The molecule has 0 atom stereocenters. The zero-order chi connectivity index (χ0) is 50.5. The quantitative estimate of drug-likeness (QED) is 0.133. The normalized spacial score (nSPS) is 11.6. The number of rotatable bonds is 10. The van der Waals surface area contributed by atoms with Crippen LogP contribution in [0.1, 0.15) is 11.1 Å². The number of aromatic nitrogens is 4. The summed E-state index contributed by atoms with van der Waals surface area (Å²) in [4.78, 5) is 0. The average molecular weight is 969 g/mol. The summed E-state index contributed by atoms with van der Waals surface area (Å²) in [7, 11) is 9.92. The lowest BCUT2D eigenvalue weighted by Crippen LogP contribution is -2.17. The Labute approximate surface area is 423 Å². The maximum Gasteiger partial charge on any atom is 0.119 e. The lowest BCUT2D eigenvalue weighted by Gasteiger charge is -2.27. The summed E-state index contributed by atoms with van der Waals surface area (Å²) >= 11 is 0. The third kappa shape index (κ3) is 6.12. The van der Waals surface area contributed by atoms with E-state index in [0.717, 1.165) is 87.2 Å². The van der Waals surface area contributed by atoms with Gasteiger partial charge in [-0.25, -0.2) is 0 Å². The van der Waals surface area contributed by atoms with Crippen molar-refractivity contribution in [2.45, 2.75) is 0 Å². The SMILES string of the molecule is COc1ccc2c(c1)c1cc(OC)ccc1n2-c1c(C#N)c(-n2c3ccccc3c3ccccc32)c(C#N)c(-n2c3ccc(OC)cc3c3cc(OC)ccc32)c1-n1c2ccc(OC)cc2c2cc(OC)ccc21. The minimum atomic E-state index is 0.262. The molecule has 74 heavy (non-hydrogen) atoms. The van der Waals surface area contributed by atoms with E-state index in [1.807, 2.05) is 133 Å². The summed E-state index contributed by atoms with van der Waals surface area (Å²) in [5, 5.41) is 32.0. The molecule has 9 aromatic carbocycles. The molecule has 0 bridgehead atoms. The molecule has 12 nitrogen and oxygen atoms in total. The van der Waals surface area contributed by atoms with Gasteiger partial charge in [-0.05, 0) is 121 Å². The first-order valence-corrected chi connectivity index (χ1v) is 23.9. The Hall–Kier alpha value is -10.0. The molecular weight excluding hydrogens is 925 g/mol. The molecule has 358 valence electrons. The van der Waals surface area contributed by atoms with E-state index in [0.29, 0.717) is 57.2 Å². The zero-order valence-corrected chi connectivity index (χ0v) is 41.1. The van der Waals surface area contributed by atoms with Crippen LogP contribution in [0.2, 0.25) is 0 Å². The first-order valence-electron chi connectivity index (χ1n) is 23.9. The summed E-state index contributed by atoms with van der Waals surface area (Å²) < 4.78 is 44.0. The van der Waals surface area contributed by atoms with E-state index < -0.39 is 0 Å². The molecule has 0 unspecified atom stereocenters. The molecule has 0 amide bonds. The van der Waals surface area contributed by atoms with Gasteiger partial charge in [-0.2, -0.15) is 10.5 Å². The highest BCUT2D eigenvalue weighted by Crippen LogP contribution is 2.50. The van der Waals surface area contributed by atoms with Gasteiger partial charge in [-0.1, -0.05) is 36.4 Å². The number of nitriles is 2. The van der Waals surface area contributed by atoms with Gasteiger partial charge in [0.2, 0.25) is 0 Å². The molecule has 0 radical (unpaired) electrons. The second kappa shape index (κ2) is 16.8. The average Bonchev–Trinajstić information content (AvgIpc) is 4.17. The van der Waals surface area contributed by atoms with Crippen molar-refractivity contribution in [2.75, 3.05) is 42.7 Å². The number of benzene rings is 9. The minimum absolute atomic E-state index is 0.262. The molecule has 0 saturated carbocycles. The van der Waals surface area contributed by atoms with Crippen molar-refractivity contribution in [1.29, 1.82) is 10.5 Å². The van der Waals surface area contributed by atoms with Gasteiger partial charge in [0.1, 0.15) is 57.8 Å². The first kappa shape index (κ1) is 43.9. The Morgan fingerprint density at radius 3 is 0.757 bits per heavy atom. The maximum atomic E-state index is 12.4. The number of methoxy groups -OCH3 is 6. The Bertz CT molecular complexity index is 4210. The predicted octanol–water partition coefficient (Wildman–Crippen LogP) is 13.9. The summed E-state index contributed by atoms with van der Waals surface area (Å²) in [6, 6.07) is 57.8. The number of ether oxygens (including phenoxy) is 6. The number of hydrogen-bond donors (Lipinski definition) is 0. The van der Waals surface area contributed by atoms with E-state index in [-0.39, 0.29) is 11.1 Å². The van der Waals surface area contributed by atoms with E-state index in [4.69, 9.17) is 28.4 Å². The van der Waals surface area contributed by atoms with Crippen molar-refractivity contribution in [3.05, 3.63) is 169 Å². The van der Waals surface area contributed by atoms with Gasteiger partial charge in [-0.3, -0.25) is 0 Å². The van der Waals surface area contributed by atoms with E-state index >= 15 is 0 Å². The molecule has 0 saturated heterocycles. The largest absolute Gasteiger partial charge is 0.497 e. The lowest BCUT2D eigenvalue weighted by molar-refractivity contribution is 0.415. The molecule has 0 aliphatic carbocycles. The van der Waals surface area contributed by atoms with Crippen LogP contribution in [0.3, 0.4) is 0 Å². The minimum Gasteiger partial charge on any atom is -0.497 e. The van der Waals surface area contributed by atoms with Crippen LogP contribution in [0.25, 0.3) is 110 Å². The molecule has 13 aromatic rings. The molecule has 12 heteroatoms. The van der Waals surface area contributed by atoms with Crippen molar-refractivity contribution in [3.8, 4) is 69.4 Å². The van der Waals surface area contributed by atoms with Crippen LogP contribution in [0.15, 0.2) is 158 Å². The van der Waals surface area contributed by atoms with Gasteiger partial charge in [0, 0.05) is 43.1 Å². The molecule has 0 aliphatic heterocycles. The van der Waals surface area contributed by atoms with Gasteiger partial charge in [0.05, 0.1) is 110 Å². The van der Waals surface area contributed by atoms with Crippen molar-refractivity contribution < 1.29 is 28.4 Å². The van der Waals surface area contributed by atoms with Gasteiger partial charge in [0.25, 0.3) is 0 Å². The molecule has 0 fully saturated rings. The Morgan fingerprint density at radius 1 is 0.270 bits per heavy atom. The molecule has 4 heterocycles. The molecule has 0 spiro atoms. The standard InChI is InChI=1S/C62H44N6O6/c1-69-35-15-21-53-43(27-35)44-28-36(70-2)16-22-54(44)66(53)60-49(33-63)59(65-51-13-9-7-11-41(51)42-12-8-10-14-52(42)65)50(34-64)61(67-55-23-17-37(71-3)29-45(55)46-30-38(72-4)18-24-56(46)67)62(60)68-57-25-19-39(73-5)31-47(57)48-32-40(74-6)20-26-58(48)68/h7-32H,1-6H3. The van der Waals surface area contributed by atoms with Gasteiger partial charge < -0.3 is 46.7 Å².